The Morgan fingerprint density at radius 3 is 2.89 bits per heavy atom. The number of aryl methyl sites for hydroxylation is 1. The zero-order valence-electron chi connectivity index (χ0n) is 10.7. The van der Waals surface area contributed by atoms with Gasteiger partial charge in [-0.2, -0.15) is 5.10 Å². The summed E-state index contributed by atoms with van der Waals surface area (Å²) in [6.45, 7) is 3.10. The number of nitrogens with zero attached hydrogens (tertiary/aromatic N) is 4. The average molecular weight is 245 g/mol. The highest BCUT2D eigenvalue weighted by Crippen LogP contribution is 2.25. The van der Waals surface area contributed by atoms with Gasteiger partial charge in [-0.3, -0.25) is 4.68 Å². The molecular formula is C13H19N5. The first kappa shape index (κ1) is 11.5. The van der Waals surface area contributed by atoms with E-state index >= 15 is 0 Å². The van der Waals surface area contributed by atoms with Crippen LogP contribution in [-0.2, 0) is 13.6 Å². The molecule has 0 saturated carbocycles. The summed E-state index contributed by atoms with van der Waals surface area (Å²) < 4.78 is 4.10. The Bertz CT molecular complexity index is 507. The number of nitrogens with one attached hydrogen (secondary N) is 1. The van der Waals surface area contributed by atoms with Crippen molar-refractivity contribution in [2.24, 2.45) is 7.05 Å². The van der Waals surface area contributed by atoms with Gasteiger partial charge in [0.2, 0.25) is 0 Å². The van der Waals surface area contributed by atoms with Gasteiger partial charge >= 0.3 is 0 Å². The average Bonchev–Trinajstić information content (AvgIpc) is 3.00. The standard InChI is InChI=1S/C13H19N5/c1-17-8-11(6-16-17)9-18-10-15-7-13(18)12-2-4-14-5-3-12/h6-8,10,12,14H,2-5,9H2,1H3. The first-order valence-corrected chi connectivity index (χ1v) is 6.51. The lowest BCUT2D eigenvalue weighted by atomic mass is 9.95. The summed E-state index contributed by atoms with van der Waals surface area (Å²) in [5.41, 5.74) is 2.59. The van der Waals surface area contributed by atoms with Crippen LogP contribution in [0.15, 0.2) is 24.9 Å². The summed E-state index contributed by atoms with van der Waals surface area (Å²) in [6.07, 6.45) is 10.4. The van der Waals surface area contributed by atoms with E-state index in [0.29, 0.717) is 5.92 Å². The molecular weight excluding hydrogens is 226 g/mol. The van der Waals surface area contributed by atoms with Crippen molar-refractivity contribution in [2.45, 2.75) is 25.3 Å². The number of aromatic nitrogens is 4. The number of hydrogen-bond donors (Lipinski definition) is 1. The Kier molecular flexibility index (Phi) is 3.15. The SMILES string of the molecule is Cn1cc(Cn2cncc2C2CCNCC2)cn1. The van der Waals surface area contributed by atoms with Gasteiger partial charge in [0.25, 0.3) is 0 Å². The first-order chi connectivity index (χ1) is 8.83. The maximum absolute atomic E-state index is 4.32. The zero-order valence-corrected chi connectivity index (χ0v) is 10.7. The van der Waals surface area contributed by atoms with E-state index in [4.69, 9.17) is 0 Å². The molecule has 1 N–H and O–H groups in total. The zero-order chi connectivity index (χ0) is 12.4. The van der Waals surface area contributed by atoms with E-state index in [1.165, 1.54) is 24.1 Å². The summed E-state index contributed by atoms with van der Waals surface area (Å²) in [5.74, 6) is 0.644. The van der Waals surface area contributed by atoms with Crippen LogP contribution in [-0.4, -0.2) is 32.4 Å². The van der Waals surface area contributed by atoms with Gasteiger partial charge in [0.1, 0.15) is 0 Å². The molecule has 3 heterocycles. The summed E-state index contributed by atoms with van der Waals surface area (Å²) in [4.78, 5) is 4.32. The van der Waals surface area contributed by atoms with Crippen LogP contribution in [0.2, 0.25) is 0 Å². The van der Waals surface area contributed by atoms with E-state index in [-0.39, 0.29) is 0 Å². The van der Waals surface area contributed by atoms with Gasteiger partial charge in [0, 0.05) is 36.6 Å². The molecule has 1 saturated heterocycles. The number of imidazole rings is 1. The van der Waals surface area contributed by atoms with Crippen LogP contribution in [0.1, 0.15) is 30.0 Å². The van der Waals surface area contributed by atoms with E-state index < -0.39 is 0 Å². The lowest BCUT2D eigenvalue weighted by Gasteiger charge is -2.23. The summed E-state index contributed by atoms with van der Waals surface area (Å²) in [6, 6.07) is 0. The van der Waals surface area contributed by atoms with Gasteiger partial charge in [0.15, 0.2) is 0 Å². The second-order valence-electron chi connectivity index (χ2n) is 4.99. The lowest BCUT2D eigenvalue weighted by molar-refractivity contribution is 0.442. The van der Waals surface area contributed by atoms with Crippen LogP contribution in [0.4, 0.5) is 0 Å². The molecule has 5 nitrogen and oxygen atoms in total. The van der Waals surface area contributed by atoms with Gasteiger partial charge in [-0.05, 0) is 25.9 Å². The van der Waals surface area contributed by atoms with Crippen molar-refractivity contribution in [3.63, 3.8) is 0 Å². The third kappa shape index (κ3) is 2.31. The molecule has 0 aliphatic carbocycles. The smallest absolute Gasteiger partial charge is 0.0951 e. The molecule has 18 heavy (non-hydrogen) atoms. The largest absolute Gasteiger partial charge is 0.330 e. The van der Waals surface area contributed by atoms with Crippen LogP contribution in [0, 0.1) is 0 Å². The van der Waals surface area contributed by atoms with Crippen molar-refractivity contribution in [3.8, 4) is 0 Å². The molecule has 1 aliphatic rings. The number of rotatable bonds is 3. The minimum Gasteiger partial charge on any atom is -0.330 e. The topological polar surface area (TPSA) is 47.7 Å². The van der Waals surface area contributed by atoms with E-state index in [0.717, 1.165) is 19.6 Å². The van der Waals surface area contributed by atoms with Crippen molar-refractivity contribution < 1.29 is 0 Å². The molecule has 0 atom stereocenters. The highest BCUT2D eigenvalue weighted by molar-refractivity contribution is 5.12. The highest BCUT2D eigenvalue weighted by atomic mass is 15.2. The fraction of sp³-hybridized carbons (Fsp3) is 0.538. The molecule has 0 bridgehead atoms. The normalized spacial score (nSPS) is 17.2. The molecule has 96 valence electrons. The lowest BCUT2D eigenvalue weighted by Crippen LogP contribution is -2.27. The Balaban J connectivity index is 1.78. The van der Waals surface area contributed by atoms with Crippen molar-refractivity contribution in [1.29, 1.82) is 0 Å². The van der Waals surface area contributed by atoms with Crippen LogP contribution in [0.5, 0.6) is 0 Å². The molecule has 0 amide bonds. The van der Waals surface area contributed by atoms with E-state index in [2.05, 4.69) is 26.2 Å². The predicted octanol–water partition coefficient (Wildman–Crippen LogP) is 1.13. The maximum Gasteiger partial charge on any atom is 0.0951 e. The number of piperidine rings is 1. The van der Waals surface area contributed by atoms with Crippen molar-refractivity contribution in [1.82, 2.24) is 24.6 Å². The maximum atomic E-state index is 4.32. The summed E-state index contributed by atoms with van der Waals surface area (Å²) in [5, 5.41) is 7.62. The van der Waals surface area contributed by atoms with Gasteiger partial charge < -0.3 is 9.88 Å². The quantitative estimate of drug-likeness (QED) is 0.882. The van der Waals surface area contributed by atoms with Gasteiger partial charge in [-0.25, -0.2) is 4.98 Å². The monoisotopic (exact) mass is 245 g/mol. The minimum atomic E-state index is 0.644. The van der Waals surface area contributed by atoms with Gasteiger partial charge in [-0.15, -0.1) is 0 Å². The second-order valence-corrected chi connectivity index (χ2v) is 4.99. The molecule has 1 aliphatic heterocycles. The molecule has 0 aromatic carbocycles. The fourth-order valence-corrected chi connectivity index (χ4v) is 2.67. The molecule has 2 aromatic rings. The van der Waals surface area contributed by atoms with Gasteiger partial charge in [0.05, 0.1) is 19.1 Å². The Hall–Kier alpha value is -1.62. The van der Waals surface area contributed by atoms with Crippen LogP contribution in [0.25, 0.3) is 0 Å². The van der Waals surface area contributed by atoms with Crippen LogP contribution >= 0.6 is 0 Å². The third-order valence-electron chi connectivity index (χ3n) is 3.61. The summed E-state index contributed by atoms with van der Waals surface area (Å²) in [7, 11) is 1.95. The van der Waals surface area contributed by atoms with E-state index in [1.54, 1.807) is 0 Å². The van der Waals surface area contributed by atoms with Crippen molar-refractivity contribution in [3.05, 3.63) is 36.2 Å². The Morgan fingerprint density at radius 2 is 2.17 bits per heavy atom. The molecule has 3 rings (SSSR count). The third-order valence-corrected chi connectivity index (χ3v) is 3.61. The van der Waals surface area contributed by atoms with Crippen LogP contribution < -0.4 is 5.32 Å². The molecule has 0 unspecified atom stereocenters. The minimum absolute atomic E-state index is 0.644. The van der Waals surface area contributed by atoms with E-state index in [1.807, 2.05) is 30.5 Å². The van der Waals surface area contributed by atoms with Crippen molar-refractivity contribution >= 4 is 0 Å². The van der Waals surface area contributed by atoms with Crippen molar-refractivity contribution in [2.75, 3.05) is 13.1 Å². The highest BCUT2D eigenvalue weighted by Gasteiger charge is 2.18. The summed E-state index contributed by atoms with van der Waals surface area (Å²) >= 11 is 0. The Labute approximate surface area is 107 Å². The number of hydrogen-bond acceptors (Lipinski definition) is 3. The van der Waals surface area contributed by atoms with E-state index in [9.17, 15) is 0 Å². The first-order valence-electron chi connectivity index (χ1n) is 6.51. The Morgan fingerprint density at radius 1 is 1.33 bits per heavy atom. The molecule has 2 aromatic heterocycles. The molecule has 0 spiro atoms. The predicted molar refractivity (Wildman–Crippen MR) is 69.4 cm³/mol. The molecule has 0 radical (unpaired) electrons. The van der Waals surface area contributed by atoms with Gasteiger partial charge in [-0.1, -0.05) is 0 Å². The second kappa shape index (κ2) is 4.94. The molecule has 1 fully saturated rings. The molecule has 5 heteroatoms. The fourth-order valence-electron chi connectivity index (χ4n) is 2.67. The van der Waals surface area contributed by atoms with Crippen LogP contribution in [0.3, 0.4) is 0 Å².